The van der Waals surface area contributed by atoms with Gasteiger partial charge in [0, 0.05) is 32.7 Å². The summed E-state index contributed by atoms with van der Waals surface area (Å²) in [5.74, 6) is 0.156. The molecule has 3 unspecified atom stereocenters. The summed E-state index contributed by atoms with van der Waals surface area (Å²) in [5, 5.41) is 0. The molecule has 0 aliphatic carbocycles. The number of ketones is 1. The molecule has 2 aliphatic heterocycles. The van der Waals surface area contributed by atoms with E-state index < -0.39 is 6.10 Å². The van der Waals surface area contributed by atoms with Gasteiger partial charge in [-0.15, -0.1) is 0 Å². The zero-order chi connectivity index (χ0) is 14.7. The predicted molar refractivity (Wildman–Crippen MR) is 78.0 cm³/mol. The summed E-state index contributed by atoms with van der Waals surface area (Å²) in [7, 11) is 1.60. The van der Waals surface area contributed by atoms with Gasteiger partial charge in [-0.2, -0.15) is 0 Å². The monoisotopic (exact) mass is 290 g/mol. The van der Waals surface area contributed by atoms with Gasteiger partial charge >= 0.3 is 0 Å². The quantitative estimate of drug-likeness (QED) is 0.855. The molecule has 0 radical (unpaired) electrons. The molecule has 0 amide bonds. The molecule has 4 nitrogen and oxygen atoms in total. The van der Waals surface area contributed by atoms with Gasteiger partial charge < -0.3 is 14.2 Å². The van der Waals surface area contributed by atoms with Crippen LogP contribution >= 0.6 is 0 Å². The SMILES string of the molecule is COC(C(=O)C1CCOC2(CCOC2)C1)c1ccccc1. The maximum absolute atomic E-state index is 12.8. The molecule has 114 valence electrons. The maximum Gasteiger partial charge on any atom is 0.169 e. The van der Waals surface area contributed by atoms with Gasteiger partial charge in [-0.1, -0.05) is 30.3 Å². The van der Waals surface area contributed by atoms with Crippen molar-refractivity contribution in [3.05, 3.63) is 35.9 Å². The summed E-state index contributed by atoms with van der Waals surface area (Å²) < 4.78 is 16.9. The van der Waals surface area contributed by atoms with E-state index in [0.717, 1.165) is 31.4 Å². The second-order valence-corrected chi connectivity index (χ2v) is 5.95. The second kappa shape index (κ2) is 6.26. The number of hydrogen-bond donors (Lipinski definition) is 0. The molecular formula is C17H22O4. The first-order valence-corrected chi connectivity index (χ1v) is 7.57. The van der Waals surface area contributed by atoms with Gasteiger partial charge in [-0.05, 0) is 18.4 Å². The number of ether oxygens (including phenoxy) is 3. The van der Waals surface area contributed by atoms with Crippen molar-refractivity contribution >= 4 is 5.78 Å². The van der Waals surface area contributed by atoms with Gasteiger partial charge in [0.05, 0.1) is 12.2 Å². The van der Waals surface area contributed by atoms with Crippen molar-refractivity contribution in [2.24, 2.45) is 5.92 Å². The molecule has 0 aromatic heterocycles. The number of carbonyl (C=O) groups excluding carboxylic acids is 1. The van der Waals surface area contributed by atoms with Gasteiger partial charge in [0.1, 0.15) is 6.10 Å². The average molecular weight is 290 g/mol. The first-order chi connectivity index (χ1) is 10.2. The Bertz CT molecular complexity index is 479. The van der Waals surface area contributed by atoms with Crippen molar-refractivity contribution in [1.29, 1.82) is 0 Å². The number of carbonyl (C=O) groups is 1. The molecule has 1 spiro atoms. The Morgan fingerprint density at radius 2 is 2.14 bits per heavy atom. The largest absolute Gasteiger partial charge is 0.378 e. The molecule has 1 aromatic rings. The van der Waals surface area contributed by atoms with Crippen LogP contribution < -0.4 is 0 Å². The topological polar surface area (TPSA) is 44.8 Å². The average Bonchev–Trinajstić information content (AvgIpc) is 2.97. The molecular weight excluding hydrogens is 268 g/mol. The van der Waals surface area contributed by atoms with E-state index in [4.69, 9.17) is 14.2 Å². The Balaban J connectivity index is 1.74. The highest BCUT2D eigenvalue weighted by Crippen LogP contribution is 2.38. The van der Waals surface area contributed by atoms with Crippen LogP contribution in [0.1, 0.15) is 30.9 Å². The Kier molecular flexibility index (Phi) is 4.38. The summed E-state index contributed by atoms with van der Waals surface area (Å²) in [6.45, 7) is 1.97. The van der Waals surface area contributed by atoms with Crippen LogP contribution in [0.2, 0.25) is 0 Å². The third-order valence-electron chi connectivity index (χ3n) is 4.56. The van der Waals surface area contributed by atoms with E-state index >= 15 is 0 Å². The van der Waals surface area contributed by atoms with Gasteiger partial charge in [-0.25, -0.2) is 0 Å². The minimum absolute atomic E-state index is 0.00870. The number of methoxy groups -OCH3 is 1. The normalized spacial score (nSPS) is 30.4. The minimum Gasteiger partial charge on any atom is -0.378 e. The van der Waals surface area contributed by atoms with E-state index in [-0.39, 0.29) is 17.3 Å². The lowest BCUT2D eigenvalue weighted by Crippen LogP contribution is -2.43. The van der Waals surface area contributed by atoms with E-state index in [1.807, 2.05) is 30.3 Å². The molecule has 2 heterocycles. The van der Waals surface area contributed by atoms with Crippen LogP contribution in [-0.2, 0) is 19.0 Å². The predicted octanol–water partition coefficient (Wildman–Crippen LogP) is 2.53. The Hall–Kier alpha value is -1.23. The highest BCUT2D eigenvalue weighted by molar-refractivity contribution is 5.86. The molecule has 3 atom stereocenters. The van der Waals surface area contributed by atoms with E-state index in [9.17, 15) is 4.79 Å². The lowest BCUT2D eigenvalue weighted by Gasteiger charge is -2.37. The van der Waals surface area contributed by atoms with Crippen LogP contribution in [0, 0.1) is 5.92 Å². The van der Waals surface area contributed by atoms with Crippen molar-refractivity contribution in [3.8, 4) is 0 Å². The Morgan fingerprint density at radius 1 is 1.33 bits per heavy atom. The lowest BCUT2D eigenvalue weighted by atomic mass is 9.80. The summed E-state index contributed by atoms with van der Waals surface area (Å²) in [6, 6.07) is 9.70. The lowest BCUT2D eigenvalue weighted by molar-refractivity contribution is -0.146. The third kappa shape index (κ3) is 3.03. The smallest absolute Gasteiger partial charge is 0.169 e. The second-order valence-electron chi connectivity index (χ2n) is 5.95. The van der Waals surface area contributed by atoms with Crippen molar-refractivity contribution in [3.63, 3.8) is 0 Å². The Morgan fingerprint density at radius 3 is 2.81 bits per heavy atom. The van der Waals surface area contributed by atoms with Crippen molar-refractivity contribution in [1.82, 2.24) is 0 Å². The third-order valence-corrected chi connectivity index (χ3v) is 4.56. The van der Waals surface area contributed by atoms with E-state index in [1.54, 1.807) is 7.11 Å². The fourth-order valence-corrected chi connectivity index (χ4v) is 3.39. The molecule has 21 heavy (non-hydrogen) atoms. The van der Waals surface area contributed by atoms with Crippen LogP contribution in [-0.4, -0.2) is 38.3 Å². The van der Waals surface area contributed by atoms with E-state index in [2.05, 4.69) is 0 Å². The highest BCUT2D eigenvalue weighted by Gasteiger charge is 2.44. The Labute approximate surface area is 125 Å². The van der Waals surface area contributed by atoms with Crippen LogP contribution in [0.25, 0.3) is 0 Å². The summed E-state index contributed by atoms with van der Waals surface area (Å²) in [5.41, 5.74) is 0.682. The van der Waals surface area contributed by atoms with Crippen LogP contribution in [0.15, 0.2) is 30.3 Å². The molecule has 0 N–H and O–H groups in total. The highest BCUT2D eigenvalue weighted by atomic mass is 16.6. The van der Waals surface area contributed by atoms with Gasteiger partial charge in [-0.3, -0.25) is 4.79 Å². The summed E-state index contributed by atoms with van der Waals surface area (Å²) in [4.78, 5) is 12.8. The molecule has 4 heteroatoms. The van der Waals surface area contributed by atoms with Crippen LogP contribution in [0.3, 0.4) is 0 Å². The zero-order valence-electron chi connectivity index (χ0n) is 12.4. The molecule has 0 saturated carbocycles. The first-order valence-electron chi connectivity index (χ1n) is 7.57. The maximum atomic E-state index is 12.8. The van der Waals surface area contributed by atoms with Crippen molar-refractivity contribution in [2.45, 2.75) is 31.0 Å². The molecule has 0 bridgehead atoms. The van der Waals surface area contributed by atoms with Crippen LogP contribution in [0.5, 0.6) is 0 Å². The minimum atomic E-state index is -0.478. The number of rotatable bonds is 4. The fraction of sp³-hybridized carbons (Fsp3) is 0.588. The van der Waals surface area contributed by atoms with E-state index in [1.165, 1.54) is 0 Å². The van der Waals surface area contributed by atoms with Gasteiger partial charge in [0.15, 0.2) is 5.78 Å². The molecule has 2 aliphatic rings. The molecule has 3 rings (SSSR count). The first kappa shape index (κ1) is 14.7. The van der Waals surface area contributed by atoms with Crippen molar-refractivity contribution < 1.29 is 19.0 Å². The van der Waals surface area contributed by atoms with Crippen molar-refractivity contribution in [2.75, 3.05) is 26.9 Å². The van der Waals surface area contributed by atoms with Gasteiger partial charge in [0.2, 0.25) is 0 Å². The molecule has 1 aromatic carbocycles. The number of benzene rings is 1. The summed E-state index contributed by atoms with van der Waals surface area (Å²) >= 11 is 0. The standard InChI is InChI=1S/C17H22O4/c1-19-16(13-5-3-2-4-6-13)15(18)14-7-9-21-17(11-14)8-10-20-12-17/h2-6,14,16H,7-12H2,1H3. The fourth-order valence-electron chi connectivity index (χ4n) is 3.39. The molecule has 2 saturated heterocycles. The number of Topliss-reactive ketones (excluding diaryl/α,β-unsaturated/α-hetero) is 1. The number of hydrogen-bond acceptors (Lipinski definition) is 4. The van der Waals surface area contributed by atoms with E-state index in [0.29, 0.717) is 13.2 Å². The summed E-state index contributed by atoms with van der Waals surface area (Å²) in [6.07, 6.45) is 1.93. The molecule has 2 fully saturated rings. The van der Waals surface area contributed by atoms with Crippen LogP contribution in [0.4, 0.5) is 0 Å². The van der Waals surface area contributed by atoms with Gasteiger partial charge in [0.25, 0.3) is 0 Å². The zero-order valence-corrected chi connectivity index (χ0v) is 12.4.